The van der Waals surface area contributed by atoms with Gasteiger partial charge in [0.1, 0.15) is 11.3 Å². The number of benzene rings is 2. The highest BCUT2D eigenvalue weighted by atomic mass is 28.3. The molecule has 3 aromatic rings. The maximum atomic E-state index is 13.0. The van der Waals surface area contributed by atoms with E-state index in [9.17, 15) is 4.79 Å². The third kappa shape index (κ3) is 2.53. The SMILES string of the molecule is Cc1cccc(-c2oc3ccccc3c(=O)c2[Si](C)(C)C)c1. The predicted molar refractivity (Wildman–Crippen MR) is 95.6 cm³/mol. The maximum absolute atomic E-state index is 13.0. The first-order valence-electron chi connectivity index (χ1n) is 7.51. The zero-order valence-corrected chi connectivity index (χ0v) is 14.4. The monoisotopic (exact) mass is 308 g/mol. The molecule has 0 spiro atoms. The molecule has 0 aliphatic carbocycles. The molecule has 112 valence electrons. The van der Waals surface area contributed by atoms with Crippen molar-refractivity contribution in [2.24, 2.45) is 0 Å². The summed E-state index contributed by atoms with van der Waals surface area (Å²) in [6.07, 6.45) is 0. The Morgan fingerprint density at radius 3 is 2.36 bits per heavy atom. The van der Waals surface area contributed by atoms with E-state index in [1.54, 1.807) is 0 Å². The van der Waals surface area contributed by atoms with E-state index in [0.29, 0.717) is 11.0 Å². The zero-order valence-electron chi connectivity index (χ0n) is 13.4. The van der Waals surface area contributed by atoms with Gasteiger partial charge in [-0.05, 0) is 25.1 Å². The van der Waals surface area contributed by atoms with E-state index in [1.165, 1.54) is 0 Å². The second-order valence-electron chi connectivity index (χ2n) is 6.75. The Hall–Kier alpha value is -2.13. The number of hydrogen-bond donors (Lipinski definition) is 0. The Balaban J connectivity index is 2.45. The van der Waals surface area contributed by atoms with Crippen LogP contribution in [-0.4, -0.2) is 8.07 Å². The van der Waals surface area contributed by atoms with E-state index in [1.807, 2.05) is 36.4 Å². The van der Waals surface area contributed by atoms with Crippen LogP contribution in [0.1, 0.15) is 5.56 Å². The molecule has 0 aliphatic rings. The second-order valence-corrected chi connectivity index (χ2v) is 11.8. The lowest BCUT2D eigenvalue weighted by Crippen LogP contribution is -2.48. The average molecular weight is 308 g/mol. The summed E-state index contributed by atoms with van der Waals surface area (Å²) in [5.41, 5.74) is 2.93. The van der Waals surface area contributed by atoms with Gasteiger partial charge in [-0.2, -0.15) is 0 Å². The molecule has 0 radical (unpaired) electrons. The van der Waals surface area contributed by atoms with Gasteiger partial charge < -0.3 is 4.42 Å². The lowest BCUT2D eigenvalue weighted by atomic mass is 10.1. The molecule has 2 aromatic carbocycles. The van der Waals surface area contributed by atoms with Gasteiger partial charge in [0.05, 0.1) is 13.5 Å². The zero-order chi connectivity index (χ0) is 15.9. The molecule has 0 amide bonds. The standard InChI is InChI=1S/C19H20O2Si/c1-13-8-7-9-14(12-13)18-19(22(2,3)4)17(20)15-10-5-6-11-16(15)21-18/h5-12H,1-4H3. The van der Waals surface area contributed by atoms with Gasteiger partial charge in [-0.25, -0.2) is 0 Å². The van der Waals surface area contributed by atoms with E-state index < -0.39 is 8.07 Å². The number of para-hydroxylation sites is 1. The number of hydrogen-bond acceptors (Lipinski definition) is 2. The van der Waals surface area contributed by atoms with Gasteiger partial charge >= 0.3 is 0 Å². The van der Waals surface area contributed by atoms with E-state index in [-0.39, 0.29) is 5.43 Å². The van der Waals surface area contributed by atoms with Gasteiger partial charge in [0.25, 0.3) is 0 Å². The molecular weight excluding hydrogens is 288 g/mol. The van der Waals surface area contributed by atoms with Crippen molar-refractivity contribution in [1.29, 1.82) is 0 Å². The predicted octanol–water partition coefficient (Wildman–Crippen LogP) is 4.31. The van der Waals surface area contributed by atoms with Crippen molar-refractivity contribution in [3.63, 3.8) is 0 Å². The third-order valence-electron chi connectivity index (χ3n) is 3.83. The Kier molecular flexibility index (Phi) is 3.53. The van der Waals surface area contributed by atoms with Crippen LogP contribution in [0.25, 0.3) is 22.3 Å². The first-order chi connectivity index (χ1) is 10.4. The van der Waals surface area contributed by atoms with Crippen molar-refractivity contribution in [3.05, 3.63) is 64.3 Å². The van der Waals surface area contributed by atoms with Gasteiger partial charge in [-0.1, -0.05) is 55.5 Å². The highest BCUT2D eigenvalue weighted by Crippen LogP contribution is 2.24. The molecule has 1 aromatic heterocycles. The van der Waals surface area contributed by atoms with Crippen LogP contribution < -0.4 is 10.6 Å². The first kappa shape index (κ1) is 14.8. The molecule has 0 N–H and O–H groups in total. The average Bonchev–Trinajstić information content (AvgIpc) is 2.45. The molecule has 0 saturated heterocycles. The van der Waals surface area contributed by atoms with Crippen molar-refractivity contribution in [1.82, 2.24) is 0 Å². The molecule has 0 fully saturated rings. The summed E-state index contributed by atoms with van der Waals surface area (Å²) in [6, 6.07) is 15.7. The quantitative estimate of drug-likeness (QED) is 0.660. The molecule has 3 rings (SSSR count). The topological polar surface area (TPSA) is 30.2 Å². The first-order valence-corrected chi connectivity index (χ1v) is 11.0. The number of aryl methyl sites for hydroxylation is 1. The van der Waals surface area contributed by atoms with Gasteiger partial charge in [0.15, 0.2) is 5.43 Å². The lowest BCUT2D eigenvalue weighted by Gasteiger charge is -2.20. The Morgan fingerprint density at radius 2 is 1.68 bits per heavy atom. The van der Waals surface area contributed by atoms with Crippen LogP contribution in [0, 0.1) is 6.92 Å². The molecule has 0 atom stereocenters. The molecule has 0 unspecified atom stereocenters. The number of rotatable bonds is 2. The summed E-state index contributed by atoms with van der Waals surface area (Å²) in [7, 11) is -1.85. The molecule has 3 heteroatoms. The van der Waals surface area contributed by atoms with Crippen molar-refractivity contribution in [2.75, 3.05) is 0 Å². The summed E-state index contributed by atoms with van der Waals surface area (Å²) in [5.74, 6) is 0.742. The summed E-state index contributed by atoms with van der Waals surface area (Å²) in [5, 5.41) is 1.55. The third-order valence-corrected chi connectivity index (χ3v) is 5.78. The fourth-order valence-electron chi connectivity index (χ4n) is 2.81. The Morgan fingerprint density at radius 1 is 0.955 bits per heavy atom. The van der Waals surface area contributed by atoms with Crippen LogP contribution in [-0.2, 0) is 0 Å². The summed E-state index contributed by atoms with van der Waals surface area (Å²) in [6.45, 7) is 8.62. The summed E-state index contributed by atoms with van der Waals surface area (Å²) in [4.78, 5) is 13.0. The Labute approximate surface area is 131 Å². The van der Waals surface area contributed by atoms with Crippen LogP contribution in [0.2, 0.25) is 19.6 Å². The maximum Gasteiger partial charge on any atom is 0.192 e. The fourth-order valence-corrected chi connectivity index (χ4v) is 4.51. The van der Waals surface area contributed by atoms with Crippen molar-refractivity contribution >= 4 is 24.2 Å². The van der Waals surface area contributed by atoms with Crippen LogP contribution in [0.3, 0.4) is 0 Å². The minimum Gasteiger partial charge on any atom is -0.456 e. The molecule has 0 saturated carbocycles. The van der Waals surface area contributed by atoms with E-state index >= 15 is 0 Å². The Bertz CT molecular complexity index is 901. The van der Waals surface area contributed by atoms with Gasteiger partial charge in [0.2, 0.25) is 0 Å². The molecule has 0 bridgehead atoms. The van der Waals surface area contributed by atoms with Crippen molar-refractivity contribution < 1.29 is 4.42 Å². The normalized spacial score (nSPS) is 11.8. The largest absolute Gasteiger partial charge is 0.456 e. The van der Waals surface area contributed by atoms with Crippen molar-refractivity contribution in [3.8, 4) is 11.3 Å². The molecule has 1 heterocycles. The molecular formula is C19H20O2Si. The number of fused-ring (bicyclic) bond motifs is 1. The van der Waals surface area contributed by atoms with E-state index in [2.05, 4.69) is 38.7 Å². The van der Waals surface area contributed by atoms with Crippen LogP contribution in [0.15, 0.2) is 57.7 Å². The van der Waals surface area contributed by atoms with Gasteiger partial charge in [-0.15, -0.1) is 0 Å². The van der Waals surface area contributed by atoms with E-state index in [0.717, 1.165) is 22.1 Å². The summed E-state index contributed by atoms with van der Waals surface area (Å²) >= 11 is 0. The van der Waals surface area contributed by atoms with Crippen LogP contribution >= 0.6 is 0 Å². The van der Waals surface area contributed by atoms with Crippen molar-refractivity contribution in [2.45, 2.75) is 26.6 Å². The van der Waals surface area contributed by atoms with Crippen LogP contribution in [0.4, 0.5) is 0 Å². The minimum absolute atomic E-state index is 0.123. The van der Waals surface area contributed by atoms with E-state index in [4.69, 9.17) is 4.42 Å². The van der Waals surface area contributed by atoms with Crippen LogP contribution in [0.5, 0.6) is 0 Å². The highest BCUT2D eigenvalue weighted by Gasteiger charge is 2.27. The minimum atomic E-state index is -1.85. The molecule has 2 nitrogen and oxygen atoms in total. The smallest absolute Gasteiger partial charge is 0.192 e. The summed E-state index contributed by atoms with van der Waals surface area (Å²) < 4.78 is 6.18. The molecule has 22 heavy (non-hydrogen) atoms. The van der Waals surface area contributed by atoms with Gasteiger partial charge in [-0.3, -0.25) is 4.79 Å². The highest BCUT2D eigenvalue weighted by molar-refractivity contribution is 6.89. The van der Waals surface area contributed by atoms with Gasteiger partial charge in [0, 0.05) is 10.8 Å². The fraction of sp³-hybridized carbons (Fsp3) is 0.211. The molecule has 0 aliphatic heterocycles. The second kappa shape index (κ2) is 5.25. The lowest BCUT2D eigenvalue weighted by molar-refractivity contribution is 0.622.